The topological polar surface area (TPSA) is 46.6 Å². The van der Waals surface area contributed by atoms with Gasteiger partial charge in [0.1, 0.15) is 0 Å². The van der Waals surface area contributed by atoms with Crippen molar-refractivity contribution in [1.82, 2.24) is 4.90 Å². The van der Waals surface area contributed by atoms with Crippen molar-refractivity contribution in [1.29, 1.82) is 0 Å². The predicted molar refractivity (Wildman–Crippen MR) is 59.8 cm³/mol. The quantitative estimate of drug-likeness (QED) is 0.608. The molecule has 1 amide bonds. The number of amides is 1. The van der Waals surface area contributed by atoms with Gasteiger partial charge in [-0.15, -0.1) is 0 Å². The second-order valence-electron chi connectivity index (χ2n) is 3.13. The highest BCUT2D eigenvalue weighted by Gasteiger charge is 1.94. The Hall–Kier alpha value is -0.420. The zero-order chi connectivity index (χ0) is 11.4. The van der Waals surface area contributed by atoms with Crippen molar-refractivity contribution < 1.29 is 13.7 Å². The Bertz CT molecular complexity index is 135. The third-order valence-electron chi connectivity index (χ3n) is 1.04. The normalized spacial score (nSPS) is 13.5. The van der Waals surface area contributed by atoms with E-state index in [1.165, 1.54) is 17.7 Å². The van der Waals surface area contributed by atoms with Crippen LogP contribution in [0.4, 0.5) is 0 Å². The summed E-state index contributed by atoms with van der Waals surface area (Å²) in [5, 5.41) is 0. The van der Waals surface area contributed by atoms with Crippen LogP contribution in [0, 0.1) is 0 Å². The van der Waals surface area contributed by atoms with Crippen molar-refractivity contribution in [3.63, 3.8) is 0 Å². The van der Waals surface area contributed by atoms with Crippen LogP contribution in [-0.2, 0) is 20.3 Å². The van der Waals surface area contributed by atoms with Crippen LogP contribution in [0.5, 0.6) is 0 Å². The summed E-state index contributed by atoms with van der Waals surface area (Å²) in [6, 6.07) is 0. The summed E-state index contributed by atoms with van der Waals surface area (Å²) in [7, 11) is 2.76. The molecule has 86 valence electrons. The van der Waals surface area contributed by atoms with Crippen molar-refractivity contribution >= 4 is 17.2 Å². The first-order chi connectivity index (χ1) is 6.50. The Kier molecular flexibility index (Phi) is 14.4. The largest absolute Gasteiger partial charge is 0.381 e. The molecule has 0 N–H and O–H groups in total. The average molecular weight is 223 g/mol. The van der Waals surface area contributed by atoms with Gasteiger partial charge in [-0.2, -0.15) is 0 Å². The molecule has 14 heavy (non-hydrogen) atoms. The van der Waals surface area contributed by atoms with Gasteiger partial charge in [0.25, 0.3) is 0 Å². The third kappa shape index (κ3) is 29.9. The summed E-state index contributed by atoms with van der Waals surface area (Å²) >= 11 is 0. The molecule has 1 fully saturated rings. The summed E-state index contributed by atoms with van der Waals surface area (Å²) in [5.41, 5.74) is 0. The van der Waals surface area contributed by atoms with Gasteiger partial charge < -0.3 is 9.64 Å². The summed E-state index contributed by atoms with van der Waals surface area (Å²) in [5.74, 6) is 0. The van der Waals surface area contributed by atoms with E-state index in [2.05, 4.69) is 0 Å². The number of carbonyl (C=O) groups is 1. The van der Waals surface area contributed by atoms with Crippen molar-refractivity contribution in [3.05, 3.63) is 0 Å². The lowest BCUT2D eigenvalue weighted by atomic mass is 10.4. The number of carbonyl (C=O) groups excluding carboxylic acids is 1. The second-order valence-corrected chi connectivity index (χ2v) is 4.61. The van der Waals surface area contributed by atoms with Crippen LogP contribution >= 0.6 is 0 Å². The molecule has 0 atom stereocenters. The molecule has 1 aliphatic rings. The Morgan fingerprint density at radius 3 is 1.57 bits per heavy atom. The molecule has 4 nitrogen and oxygen atoms in total. The highest BCUT2D eigenvalue weighted by molar-refractivity contribution is 7.83. The number of rotatable bonds is 1. The van der Waals surface area contributed by atoms with Crippen molar-refractivity contribution in [2.75, 3.05) is 39.8 Å². The van der Waals surface area contributed by atoms with Gasteiger partial charge in [0.2, 0.25) is 6.41 Å². The van der Waals surface area contributed by atoms with Crippen molar-refractivity contribution in [2.45, 2.75) is 12.8 Å². The van der Waals surface area contributed by atoms with E-state index in [9.17, 15) is 9.00 Å². The summed E-state index contributed by atoms with van der Waals surface area (Å²) in [6.07, 6.45) is 6.58. The summed E-state index contributed by atoms with van der Waals surface area (Å²) < 4.78 is 14.5. The Morgan fingerprint density at radius 2 is 1.50 bits per heavy atom. The molecular weight excluding hydrogens is 202 g/mol. The molecule has 5 heteroatoms. The highest BCUT2D eigenvalue weighted by Crippen LogP contribution is 1.98. The molecule has 0 spiro atoms. The van der Waals surface area contributed by atoms with Crippen molar-refractivity contribution in [2.24, 2.45) is 0 Å². The van der Waals surface area contributed by atoms with Crippen LogP contribution in [0.15, 0.2) is 0 Å². The van der Waals surface area contributed by atoms with E-state index in [1.807, 2.05) is 0 Å². The fourth-order valence-electron chi connectivity index (χ4n) is 0.510. The van der Waals surface area contributed by atoms with Crippen LogP contribution < -0.4 is 0 Å². The lowest BCUT2D eigenvalue weighted by molar-refractivity contribution is -0.115. The average Bonchev–Trinajstić information content (AvgIpc) is 2.59. The monoisotopic (exact) mass is 223 g/mol. The molecule has 0 radical (unpaired) electrons. The Morgan fingerprint density at radius 1 is 1.21 bits per heavy atom. The molecule has 1 rings (SSSR count). The minimum absolute atomic E-state index is 0.611. The molecule has 1 aliphatic heterocycles. The van der Waals surface area contributed by atoms with Gasteiger partial charge in [-0.25, -0.2) is 0 Å². The maximum atomic E-state index is 9.56. The van der Waals surface area contributed by atoms with E-state index in [4.69, 9.17) is 4.74 Å². The zero-order valence-corrected chi connectivity index (χ0v) is 10.3. The molecule has 1 heterocycles. The molecule has 0 aromatic carbocycles. The Labute approximate surface area is 89.1 Å². The van der Waals surface area contributed by atoms with Gasteiger partial charge in [0.15, 0.2) is 0 Å². The van der Waals surface area contributed by atoms with E-state index < -0.39 is 10.8 Å². The van der Waals surface area contributed by atoms with Gasteiger partial charge in [0.05, 0.1) is 0 Å². The fraction of sp³-hybridized carbons (Fsp3) is 0.889. The molecule has 1 saturated heterocycles. The molecular formula is C9H21NO3S. The first kappa shape index (κ1) is 16.0. The zero-order valence-electron chi connectivity index (χ0n) is 9.49. The molecule has 0 aliphatic carbocycles. The minimum Gasteiger partial charge on any atom is -0.381 e. The molecule has 0 aromatic rings. The maximum absolute atomic E-state index is 9.56. The lowest BCUT2D eigenvalue weighted by Gasteiger charge is -1.93. The molecule has 0 bridgehead atoms. The third-order valence-corrected chi connectivity index (χ3v) is 1.04. The fourth-order valence-corrected chi connectivity index (χ4v) is 0.510. The van der Waals surface area contributed by atoms with E-state index in [0.717, 1.165) is 19.6 Å². The van der Waals surface area contributed by atoms with Crippen LogP contribution in [0.2, 0.25) is 0 Å². The first-order valence-electron chi connectivity index (χ1n) is 4.45. The maximum Gasteiger partial charge on any atom is 0.209 e. The van der Waals surface area contributed by atoms with E-state index in [-0.39, 0.29) is 0 Å². The van der Waals surface area contributed by atoms with E-state index in [0.29, 0.717) is 0 Å². The second kappa shape index (κ2) is 12.6. The molecule has 0 unspecified atom stereocenters. The van der Waals surface area contributed by atoms with Crippen LogP contribution in [0.1, 0.15) is 12.8 Å². The minimum atomic E-state index is -0.611. The van der Waals surface area contributed by atoms with Gasteiger partial charge in [-0.05, 0) is 12.8 Å². The van der Waals surface area contributed by atoms with Gasteiger partial charge >= 0.3 is 0 Å². The highest BCUT2D eigenvalue weighted by atomic mass is 32.2. The number of hydrogen-bond acceptors (Lipinski definition) is 3. The van der Waals surface area contributed by atoms with Crippen LogP contribution in [0.3, 0.4) is 0 Å². The van der Waals surface area contributed by atoms with Crippen LogP contribution in [0.25, 0.3) is 0 Å². The number of ether oxygens (including phenoxy) is 1. The molecule has 0 aromatic heterocycles. The smallest absolute Gasteiger partial charge is 0.209 e. The van der Waals surface area contributed by atoms with Gasteiger partial charge in [0, 0.05) is 50.6 Å². The lowest BCUT2D eigenvalue weighted by Crippen LogP contribution is -2.06. The molecule has 0 saturated carbocycles. The number of nitrogens with zero attached hydrogens (tertiary/aromatic N) is 1. The standard InChI is InChI=1S/C4H8O.C3H7NO.C2H6OS/c1-2-4-5-3-1;1-4(2)3-5;1-4(2)3/h1-4H2;3H,1-2H3;1-2H3. The Balaban J connectivity index is 0. The van der Waals surface area contributed by atoms with Gasteiger partial charge in [-0.1, -0.05) is 0 Å². The summed E-state index contributed by atoms with van der Waals surface area (Å²) in [6.45, 7) is 2.00. The first-order valence-corrected chi connectivity index (χ1v) is 6.42. The van der Waals surface area contributed by atoms with Crippen LogP contribution in [-0.4, -0.2) is 55.3 Å². The SMILES string of the molecule is C1CCOC1.CN(C)C=O.CS(C)=O. The predicted octanol–water partition coefficient (Wildman–Crippen LogP) is 0.496. The van der Waals surface area contributed by atoms with E-state index in [1.54, 1.807) is 26.6 Å². The van der Waals surface area contributed by atoms with Crippen molar-refractivity contribution in [3.8, 4) is 0 Å². The van der Waals surface area contributed by atoms with E-state index >= 15 is 0 Å². The number of hydrogen-bond donors (Lipinski definition) is 0. The van der Waals surface area contributed by atoms with Gasteiger partial charge in [-0.3, -0.25) is 9.00 Å². The summed E-state index contributed by atoms with van der Waals surface area (Å²) in [4.78, 5) is 10.9.